The Labute approximate surface area is 222 Å². The summed E-state index contributed by atoms with van der Waals surface area (Å²) in [6.07, 6.45) is 17.7. The van der Waals surface area contributed by atoms with Crippen molar-refractivity contribution in [1.29, 1.82) is 0 Å². The van der Waals surface area contributed by atoms with Gasteiger partial charge in [-0.3, -0.25) is 4.79 Å². The van der Waals surface area contributed by atoms with Gasteiger partial charge < -0.3 is 25.2 Å². The topological polar surface area (TPSA) is 107 Å². The molecule has 0 fully saturated rings. The van der Waals surface area contributed by atoms with Crippen LogP contribution in [0.2, 0.25) is 0 Å². The van der Waals surface area contributed by atoms with Gasteiger partial charge in [0, 0.05) is 0 Å². The highest BCUT2D eigenvalue weighted by molar-refractivity contribution is 5.77. The molecule has 0 aliphatic heterocycles. The van der Waals surface area contributed by atoms with Crippen molar-refractivity contribution < 1.29 is 30.0 Å². The monoisotopic (exact) mass is 516 g/mol. The Balaban J connectivity index is 4.89. The summed E-state index contributed by atoms with van der Waals surface area (Å²) in [4.78, 5) is 13.4. The van der Waals surface area contributed by atoms with Crippen molar-refractivity contribution in [3.05, 3.63) is 0 Å². The minimum Gasteiger partial charge on any atom is -0.462 e. The molecule has 0 spiro atoms. The molecule has 0 amide bonds. The van der Waals surface area contributed by atoms with Crippen LogP contribution in [-0.2, 0) is 9.53 Å². The van der Waals surface area contributed by atoms with E-state index in [0.717, 1.165) is 38.5 Å². The highest BCUT2D eigenvalue weighted by Crippen LogP contribution is 2.38. The number of ether oxygens (including phenoxy) is 1. The van der Waals surface area contributed by atoms with E-state index in [1.54, 1.807) is 0 Å². The molecule has 36 heavy (non-hydrogen) atoms. The second-order valence-corrected chi connectivity index (χ2v) is 11.1. The predicted molar refractivity (Wildman–Crippen MR) is 148 cm³/mol. The Morgan fingerprint density at radius 2 is 1.06 bits per heavy atom. The van der Waals surface area contributed by atoms with E-state index in [0.29, 0.717) is 6.42 Å². The number of hydrogen-bond donors (Lipinski definition) is 4. The fraction of sp³-hybridized carbons (Fsp3) is 0.967. The lowest BCUT2D eigenvalue weighted by Gasteiger charge is -2.35. The maximum Gasteiger partial charge on any atom is 0.312 e. The Bertz CT molecular complexity index is 486. The van der Waals surface area contributed by atoms with Crippen LogP contribution in [0.1, 0.15) is 149 Å². The van der Waals surface area contributed by atoms with E-state index in [9.17, 15) is 25.2 Å². The molecule has 4 N–H and O–H groups in total. The highest BCUT2D eigenvalue weighted by atomic mass is 16.5. The van der Waals surface area contributed by atoms with Crippen LogP contribution < -0.4 is 0 Å². The van der Waals surface area contributed by atoms with Crippen molar-refractivity contribution in [2.45, 2.75) is 167 Å². The lowest BCUT2D eigenvalue weighted by atomic mass is 9.73. The van der Waals surface area contributed by atoms with Gasteiger partial charge in [0.2, 0.25) is 0 Å². The highest BCUT2D eigenvalue weighted by Gasteiger charge is 2.43. The van der Waals surface area contributed by atoms with E-state index >= 15 is 0 Å². The van der Waals surface area contributed by atoms with Gasteiger partial charge in [-0.15, -0.1) is 0 Å². The number of aliphatic hydroxyl groups is 4. The number of unbranched alkanes of at least 4 members (excludes halogenated alkanes) is 14. The van der Waals surface area contributed by atoms with Crippen LogP contribution in [0.4, 0.5) is 0 Å². The lowest BCUT2D eigenvalue weighted by molar-refractivity contribution is -0.167. The molecule has 6 nitrogen and oxygen atoms in total. The number of carbonyl (C=O) groups excluding carboxylic acids is 1. The molecular formula is C30H60O6. The summed E-state index contributed by atoms with van der Waals surface area (Å²) in [6.45, 7) is 5.43. The number of carbonyl (C=O) groups is 1. The van der Waals surface area contributed by atoms with E-state index in [1.807, 2.05) is 6.92 Å². The second kappa shape index (κ2) is 23.4. The lowest BCUT2D eigenvalue weighted by Crippen LogP contribution is -2.42. The molecule has 6 heteroatoms. The van der Waals surface area contributed by atoms with Crippen molar-refractivity contribution in [3.8, 4) is 0 Å². The zero-order valence-corrected chi connectivity index (χ0v) is 23.9. The van der Waals surface area contributed by atoms with Crippen molar-refractivity contribution in [3.63, 3.8) is 0 Å². The molecule has 0 radical (unpaired) electrons. The zero-order valence-electron chi connectivity index (χ0n) is 23.9. The molecule has 3 unspecified atom stereocenters. The quantitative estimate of drug-likeness (QED) is 0.0777. The first-order chi connectivity index (χ1) is 17.3. The zero-order chi connectivity index (χ0) is 27.1. The summed E-state index contributed by atoms with van der Waals surface area (Å²) in [5.41, 5.74) is -1.11. The van der Waals surface area contributed by atoms with Gasteiger partial charge in [-0.05, 0) is 39.0 Å². The minimum absolute atomic E-state index is 0.0283. The third-order valence-electron chi connectivity index (χ3n) is 7.39. The summed E-state index contributed by atoms with van der Waals surface area (Å²) in [6, 6.07) is 0. The van der Waals surface area contributed by atoms with Gasteiger partial charge in [0.1, 0.15) is 0 Å². The van der Waals surface area contributed by atoms with Crippen LogP contribution >= 0.6 is 0 Å². The van der Waals surface area contributed by atoms with E-state index < -0.39 is 36.8 Å². The average molecular weight is 517 g/mol. The Kier molecular flexibility index (Phi) is 23.0. The molecule has 3 atom stereocenters. The molecule has 0 heterocycles. The molecule has 0 aromatic carbocycles. The number of rotatable bonds is 26. The summed E-state index contributed by atoms with van der Waals surface area (Å²) in [5.74, 6) is -0.420. The number of esters is 1. The molecular weight excluding hydrogens is 456 g/mol. The van der Waals surface area contributed by atoms with Crippen molar-refractivity contribution in [2.75, 3.05) is 13.2 Å². The van der Waals surface area contributed by atoms with Crippen LogP contribution in [0.15, 0.2) is 0 Å². The summed E-state index contributed by atoms with van der Waals surface area (Å²) in [7, 11) is 0. The molecule has 0 bridgehead atoms. The van der Waals surface area contributed by atoms with Crippen LogP contribution in [-0.4, -0.2) is 57.9 Å². The molecule has 216 valence electrons. The van der Waals surface area contributed by atoms with Crippen LogP contribution in [0.25, 0.3) is 0 Å². The third kappa shape index (κ3) is 17.7. The molecule has 0 aliphatic rings. The fourth-order valence-electron chi connectivity index (χ4n) is 5.12. The van der Waals surface area contributed by atoms with Crippen molar-refractivity contribution in [2.24, 2.45) is 5.41 Å². The third-order valence-corrected chi connectivity index (χ3v) is 7.39. The maximum atomic E-state index is 13.4. The second-order valence-electron chi connectivity index (χ2n) is 11.1. The Morgan fingerprint density at radius 1 is 0.667 bits per heavy atom. The average Bonchev–Trinajstić information content (AvgIpc) is 2.86. The fourth-order valence-corrected chi connectivity index (χ4v) is 5.12. The largest absolute Gasteiger partial charge is 0.462 e. The van der Waals surface area contributed by atoms with E-state index in [1.165, 1.54) is 70.6 Å². The first kappa shape index (κ1) is 35.3. The van der Waals surface area contributed by atoms with Gasteiger partial charge in [-0.1, -0.05) is 110 Å². The predicted octanol–water partition coefficient (Wildman–Crippen LogP) is 6.45. The van der Waals surface area contributed by atoms with E-state index in [4.69, 9.17) is 4.74 Å². The van der Waals surface area contributed by atoms with Gasteiger partial charge in [-0.2, -0.15) is 0 Å². The van der Waals surface area contributed by atoms with Crippen LogP contribution in [0, 0.1) is 5.41 Å². The van der Waals surface area contributed by atoms with Gasteiger partial charge in [0.15, 0.2) is 0 Å². The van der Waals surface area contributed by atoms with Gasteiger partial charge in [0.05, 0.1) is 36.9 Å². The first-order valence-electron chi connectivity index (χ1n) is 15.1. The standard InChI is InChI=1S/C30H60O6/c1-4-6-8-10-12-13-14-15-17-19-21-30(22-27(33)24-31,23-28(34)25-32)29(35)36-26(3)20-18-16-11-9-7-5-2/h26-28,31-34H,4-25H2,1-3H3. The van der Waals surface area contributed by atoms with Gasteiger partial charge in [0.25, 0.3) is 0 Å². The molecule has 0 saturated carbocycles. The molecule has 0 aliphatic carbocycles. The van der Waals surface area contributed by atoms with E-state index in [-0.39, 0.29) is 18.9 Å². The molecule has 0 saturated heterocycles. The minimum atomic E-state index is -1.11. The van der Waals surface area contributed by atoms with Crippen LogP contribution in [0.3, 0.4) is 0 Å². The summed E-state index contributed by atoms with van der Waals surface area (Å²) < 4.78 is 5.85. The Hall–Kier alpha value is -0.690. The number of aliphatic hydroxyl groups excluding tert-OH is 4. The SMILES string of the molecule is CCCCCCCCCCCCC(CC(O)CO)(CC(O)CO)C(=O)OC(C)CCCCCCCC. The Morgan fingerprint density at radius 3 is 1.47 bits per heavy atom. The maximum absolute atomic E-state index is 13.4. The summed E-state index contributed by atoms with van der Waals surface area (Å²) >= 11 is 0. The summed E-state index contributed by atoms with van der Waals surface area (Å²) in [5, 5.41) is 39.5. The van der Waals surface area contributed by atoms with Crippen molar-refractivity contribution >= 4 is 5.97 Å². The molecule has 0 rings (SSSR count). The smallest absolute Gasteiger partial charge is 0.312 e. The normalized spacial score (nSPS) is 15.9. The van der Waals surface area contributed by atoms with E-state index in [2.05, 4.69) is 13.8 Å². The first-order valence-corrected chi connectivity index (χ1v) is 15.1. The molecule has 0 aromatic heterocycles. The van der Waals surface area contributed by atoms with Gasteiger partial charge >= 0.3 is 5.97 Å². The van der Waals surface area contributed by atoms with Crippen molar-refractivity contribution in [1.82, 2.24) is 0 Å². The number of hydrogen-bond acceptors (Lipinski definition) is 6. The van der Waals surface area contributed by atoms with Gasteiger partial charge in [-0.25, -0.2) is 0 Å². The molecule has 0 aromatic rings. The van der Waals surface area contributed by atoms with Crippen LogP contribution in [0.5, 0.6) is 0 Å².